The molecule has 0 aliphatic heterocycles. The molecule has 3 rings (SSSR count). The minimum Gasteiger partial charge on any atom is -0.352 e. The van der Waals surface area contributed by atoms with Gasteiger partial charge in [0.25, 0.3) is 10.0 Å². The van der Waals surface area contributed by atoms with Gasteiger partial charge in [0.05, 0.1) is 10.6 Å². The van der Waals surface area contributed by atoms with Crippen molar-refractivity contribution < 1.29 is 18.0 Å². The van der Waals surface area contributed by atoms with E-state index in [0.29, 0.717) is 11.3 Å². The van der Waals surface area contributed by atoms with Crippen LogP contribution in [0, 0.1) is 13.8 Å². The maximum absolute atomic E-state index is 14.0. The molecule has 0 spiro atoms. The van der Waals surface area contributed by atoms with Crippen molar-refractivity contribution in [2.75, 3.05) is 10.8 Å². The smallest absolute Gasteiger partial charge is 0.264 e. The van der Waals surface area contributed by atoms with Crippen LogP contribution in [0.5, 0.6) is 0 Å². The quantitative estimate of drug-likeness (QED) is 0.305. The number of carbonyl (C=O) groups excluding carboxylic acids is 2. The van der Waals surface area contributed by atoms with Gasteiger partial charge in [-0.05, 0) is 75.6 Å². The van der Waals surface area contributed by atoms with Crippen LogP contribution >= 0.6 is 15.9 Å². The number of aryl methyl sites for hydroxylation is 2. The monoisotopic (exact) mass is 613 g/mol. The molecule has 0 heterocycles. The summed E-state index contributed by atoms with van der Waals surface area (Å²) in [7, 11) is -4.09. The highest BCUT2D eigenvalue weighted by Gasteiger charge is 2.33. The molecule has 3 aromatic rings. The Morgan fingerprint density at radius 3 is 2.13 bits per heavy atom. The van der Waals surface area contributed by atoms with E-state index in [1.54, 1.807) is 56.3 Å². The predicted octanol–water partition coefficient (Wildman–Crippen LogP) is 5.59. The molecule has 0 radical (unpaired) electrons. The van der Waals surface area contributed by atoms with E-state index in [-0.39, 0.29) is 23.4 Å². The molecule has 39 heavy (non-hydrogen) atoms. The Kier molecular flexibility index (Phi) is 10.3. The Balaban J connectivity index is 2.03. The average molecular weight is 615 g/mol. The minimum absolute atomic E-state index is 0.0602. The number of rotatable bonds is 11. The number of halogens is 1. The van der Waals surface area contributed by atoms with E-state index >= 15 is 0 Å². The SMILES string of the molecule is CC[C@H](C)NC(=O)[C@@H](C)N(Cc1ccc(Br)cc1)C(=O)CN(c1ccccc1C)S(=O)(=O)c1ccc(C)cc1. The third-order valence-corrected chi connectivity index (χ3v) is 9.01. The standard InChI is InChI=1S/C30H36BrN3O4S/c1-6-23(4)32-30(36)24(5)33(19-25-13-15-26(31)16-14-25)29(35)20-34(28-10-8-7-9-22(28)3)39(37,38)27-17-11-21(2)12-18-27/h7-18,23-24H,6,19-20H2,1-5H3,(H,32,36)/t23-,24+/m0/s1. The number of amides is 2. The summed E-state index contributed by atoms with van der Waals surface area (Å²) in [5, 5.41) is 2.94. The largest absolute Gasteiger partial charge is 0.352 e. The molecule has 208 valence electrons. The summed E-state index contributed by atoms with van der Waals surface area (Å²) in [4.78, 5) is 28.6. The molecule has 7 nitrogen and oxygen atoms in total. The van der Waals surface area contributed by atoms with Crippen molar-refractivity contribution in [3.63, 3.8) is 0 Å². The summed E-state index contributed by atoms with van der Waals surface area (Å²) in [5.74, 6) is -0.776. The molecule has 0 aliphatic carbocycles. The van der Waals surface area contributed by atoms with Crippen LogP contribution in [0.1, 0.15) is 43.9 Å². The molecule has 0 unspecified atom stereocenters. The molecule has 1 N–H and O–H groups in total. The number of hydrogen-bond donors (Lipinski definition) is 1. The van der Waals surface area contributed by atoms with E-state index in [0.717, 1.165) is 26.3 Å². The Morgan fingerprint density at radius 2 is 1.54 bits per heavy atom. The highest BCUT2D eigenvalue weighted by Crippen LogP contribution is 2.27. The number of anilines is 1. The fraction of sp³-hybridized carbons (Fsp3) is 0.333. The number of nitrogens with one attached hydrogen (secondary N) is 1. The van der Waals surface area contributed by atoms with Gasteiger partial charge >= 0.3 is 0 Å². The fourth-order valence-electron chi connectivity index (χ4n) is 4.03. The maximum Gasteiger partial charge on any atom is 0.264 e. The number of para-hydroxylation sites is 1. The maximum atomic E-state index is 14.0. The minimum atomic E-state index is -4.09. The number of sulfonamides is 1. The lowest BCUT2D eigenvalue weighted by atomic mass is 10.1. The topological polar surface area (TPSA) is 86.8 Å². The molecule has 0 bridgehead atoms. The number of benzene rings is 3. The Labute approximate surface area is 240 Å². The summed E-state index contributed by atoms with van der Waals surface area (Å²) >= 11 is 3.42. The Bertz CT molecular complexity index is 1390. The highest BCUT2D eigenvalue weighted by molar-refractivity contribution is 9.10. The first-order valence-corrected chi connectivity index (χ1v) is 15.2. The van der Waals surface area contributed by atoms with Crippen LogP contribution in [0.15, 0.2) is 82.2 Å². The summed E-state index contributed by atoms with van der Waals surface area (Å²) in [6.07, 6.45) is 0.745. The Morgan fingerprint density at radius 1 is 0.923 bits per heavy atom. The molecule has 3 aromatic carbocycles. The second-order valence-electron chi connectivity index (χ2n) is 9.75. The van der Waals surface area contributed by atoms with Crippen LogP contribution in [-0.4, -0.2) is 43.8 Å². The van der Waals surface area contributed by atoms with E-state index in [2.05, 4.69) is 21.2 Å². The Hall–Kier alpha value is -3.17. The number of hydrogen-bond acceptors (Lipinski definition) is 4. The summed E-state index contributed by atoms with van der Waals surface area (Å²) < 4.78 is 29.9. The number of carbonyl (C=O) groups is 2. The van der Waals surface area contributed by atoms with Gasteiger partial charge in [-0.25, -0.2) is 8.42 Å². The molecular formula is C30H36BrN3O4S. The molecule has 9 heteroatoms. The van der Waals surface area contributed by atoms with Crippen molar-refractivity contribution in [3.05, 3.63) is 94.0 Å². The third kappa shape index (κ3) is 7.70. The van der Waals surface area contributed by atoms with Gasteiger partial charge in [-0.1, -0.05) is 70.9 Å². The predicted molar refractivity (Wildman–Crippen MR) is 159 cm³/mol. The van der Waals surface area contributed by atoms with E-state index in [9.17, 15) is 18.0 Å². The van der Waals surface area contributed by atoms with Gasteiger partial charge in [0.2, 0.25) is 11.8 Å². The van der Waals surface area contributed by atoms with E-state index in [1.807, 2.05) is 51.1 Å². The van der Waals surface area contributed by atoms with Crippen molar-refractivity contribution in [1.29, 1.82) is 0 Å². The fourth-order valence-corrected chi connectivity index (χ4v) is 5.77. The van der Waals surface area contributed by atoms with Crippen LogP contribution in [0.2, 0.25) is 0 Å². The zero-order valence-corrected chi connectivity index (χ0v) is 25.4. The van der Waals surface area contributed by atoms with Gasteiger partial charge in [-0.3, -0.25) is 13.9 Å². The zero-order valence-electron chi connectivity index (χ0n) is 23.0. The molecular weight excluding hydrogens is 578 g/mol. The van der Waals surface area contributed by atoms with Crippen molar-refractivity contribution in [2.45, 2.75) is 64.6 Å². The van der Waals surface area contributed by atoms with Gasteiger partial charge in [0, 0.05) is 17.1 Å². The second-order valence-corrected chi connectivity index (χ2v) is 12.5. The van der Waals surface area contributed by atoms with Crippen molar-refractivity contribution in [2.24, 2.45) is 0 Å². The molecule has 0 saturated carbocycles. The lowest BCUT2D eigenvalue weighted by Crippen LogP contribution is -2.52. The van der Waals surface area contributed by atoms with Crippen molar-refractivity contribution in [1.82, 2.24) is 10.2 Å². The summed E-state index contributed by atoms with van der Waals surface area (Å²) in [5.41, 5.74) is 2.86. The van der Waals surface area contributed by atoms with Gasteiger partial charge < -0.3 is 10.2 Å². The molecule has 2 amide bonds. The summed E-state index contributed by atoms with van der Waals surface area (Å²) in [6, 6.07) is 20.2. The van der Waals surface area contributed by atoms with Gasteiger partial charge in [-0.2, -0.15) is 0 Å². The zero-order chi connectivity index (χ0) is 28.7. The molecule has 0 aromatic heterocycles. The van der Waals surface area contributed by atoms with Crippen LogP contribution in [-0.2, 0) is 26.2 Å². The van der Waals surface area contributed by atoms with Crippen LogP contribution in [0.25, 0.3) is 0 Å². The lowest BCUT2D eigenvalue weighted by Gasteiger charge is -2.33. The van der Waals surface area contributed by atoms with E-state index < -0.39 is 28.5 Å². The van der Waals surface area contributed by atoms with E-state index in [1.165, 1.54) is 4.90 Å². The molecule has 0 fully saturated rings. The van der Waals surface area contributed by atoms with Gasteiger partial charge in [0.15, 0.2) is 0 Å². The van der Waals surface area contributed by atoms with Gasteiger partial charge in [0.1, 0.15) is 12.6 Å². The highest BCUT2D eigenvalue weighted by atomic mass is 79.9. The van der Waals surface area contributed by atoms with Crippen LogP contribution in [0.3, 0.4) is 0 Å². The summed E-state index contributed by atoms with van der Waals surface area (Å²) in [6.45, 7) is 8.91. The van der Waals surface area contributed by atoms with Crippen molar-refractivity contribution >= 4 is 43.5 Å². The second kappa shape index (κ2) is 13.3. The van der Waals surface area contributed by atoms with Gasteiger partial charge in [-0.15, -0.1) is 0 Å². The lowest BCUT2D eigenvalue weighted by molar-refractivity contribution is -0.139. The van der Waals surface area contributed by atoms with Crippen LogP contribution in [0.4, 0.5) is 5.69 Å². The first-order chi connectivity index (χ1) is 18.4. The first kappa shape index (κ1) is 30.4. The van der Waals surface area contributed by atoms with Crippen LogP contribution < -0.4 is 9.62 Å². The normalized spacial score (nSPS) is 12.9. The van der Waals surface area contributed by atoms with Crippen molar-refractivity contribution in [3.8, 4) is 0 Å². The van der Waals surface area contributed by atoms with E-state index in [4.69, 9.17) is 0 Å². The average Bonchev–Trinajstić information content (AvgIpc) is 2.91. The number of nitrogens with zero attached hydrogens (tertiary/aromatic N) is 2. The molecule has 0 saturated heterocycles. The molecule has 2 atom stereocenters. The third-order valence-electron chi connectivity index (χ3n) is 6.71. The first-order valence-electron chi connectivity index (χ1n) is 12.9. The molecule has 0 aliphatic rings.